The van der Waals surface area contributed by atoms with Gasteiger partial charge in [0.2, 0.25) is 5.91 Å². The predicted molar refractivity (Wildman–Crippen MR) is 119 cm³/mol. The van der Waals surface area contributed by atoms with Crippen molar-refractivity contribution in [1.29, 1.82) is 0 Å². The van der Waals surface area contributed by atoms with Crippen LogP contribution in [0.25, 0.3) is 0 Å². The van der Waals surface area contributed by atoms with Crippen LogP contribution in [0.3, 0.4) is 0 Å². The SMILES string of the molecule is O=C1NC(=O)[C@H](c2cccc(OCCCOc3ccc(Oc4ccccc4)cc3)c2)S1. The molecule has 31 heavy (non-hydrogen) atoms. The molecule has 0 radical (unpaired) electrons. The summed E-state index contributed by atoms with van der Waals surface area (Å²) >= 11 is 0.982. The Hall–Kier alpha value is -3.45. The lowest BCUT2D eigenvalue weighted by Crippen LogP contribution is -2.20. The monoisotopic (exact) mass is 435 g/mol. The highest BCUT2D eigenvalue weighted by Gasteiger charge is 2.32. The van der Waals surface area contributed by atoms with Crippen LogP contribution in [0.15, 0.2) is 78.9 Å². The molecule has 2 amide bonds. The third-order valence-corrected chi connectivity index (χ3v) is 5.52. The van der Waals surface area contributed by atoms with Gasteiger partial charge in [0.25, 0.3) is 5.24 Å². The molecule has 1 aliphatic heterocycles. The Labute approximate surface area is 184 Å². The van der Waals surface area contributed by atoms with E-state index in [2.05, 4.69) is 5.32 Å². The first-order chi connectivity index (χ1) is 15.2. The number of nitrogens with one attached hydrogen (secondary N) is 1. The van der Waals surface area contributed by atoms with E-state index in [0.29, 0.717) is 25.4 Å². The molecule has 0 bridgehead atoms. The fraction of sp³-hybridized carbons (Fsp3) is 0.167. The summed E-state index contributed by atoms with van der Waals surface area (Å²) in [5.74, 6) is 2.67. The molecule has 0 saturated carbocycles. The molecule has 4 rings (SSSR count). The van der Waals surface area contributed by atoms with E-state index in [-0.39, 0.29) is 11.1 Å². The fourth-order valence-electron chi connectivity index (χ4n) is 3.01. The minimum absolute atomic E-state index is 0.291. The Morgan fingerprint density at radius 3 is 2.10 bits per heavy atom. The Bertz CT molecular complexity index is 1040. The van der Waals surface area contributed by atoms with Crippen LogP contribution in [-0.2, 0) is 4.79 Å². The van der Waals surface area contributed by atoms with Gasteiger partial charge in [-0.1, -0.05) is 30.3 Å². The summed E-state index contributed by atoms with van der Waals surface area (Å²) in [6.45, 7) is 0.982. The Kier molecular flexibility index (Phi) is 6.74. The normalized spacial score (nSPS) is 15.4. The highest BCUT2D eigenvalue weighted by atomic mass is 32.2. The highest BCUT2D eigenvalue weighted by molar-refractivity contribution is 8.15. The second kappa shape index (κ2) is 10.0. The second-order valence-corrected chi connectivity index (χ2v) is 7.86. The van der Waals surface area contributed by atoms with E-state index in [1.807, 2.05) is 72.8 Å². The highest BCUT2D eigenvalue weighted by Crippen LogP contribution is 2.35. The molecule has 1 heterocycles. The van der Waals surface area contributed by atoms with Crippen LogP contribution in [0.4, 0.5) is 4.79 Å². The number of imide groups is 1. The van der Waals surface area contributed by atoms with Crippen molar-refractivity contribution in [1.82, 2.24) is 5.32 Å². The number of amides is 2. The topological polar surface area (TPSA) is 73.9 Å². The molecule has 6 nitrogen and oxygen atoms in total. The number of para-hydroxylation sites is 1. The smallest absolute Gasteiger partial charge is 0.286 e. The number of thioether (sulfide) groups is 1. The van der Waals surface area contributed by atoms with Crippen LogP contribution in [0, 0.1) is 0 Å². The second-order valence-electron chi connectivity index (χ2n) is 6.78. The number of rotatable bonds is 9. The zero-order chi connectivity index (χ0) is 21.5. The Balaban J connectivity index is 1.20. The largest absolute Gasteiger partial charge is 0.493 e. The van der Waals surface area contributed by atoms with Gasteiger partial charge in [0.15, 0.2) is 0 Å². The van der Waals surface area contributed by atoms with E-state index in [1.165, 1.54) is 0 Å². The average molecular weight is 436 g/mol. The molecule has 158 valence electrons. The molecular weight excluding hydrogens is 414 g/mol. The lowest BCUT2D eigenvalue weighted by molar-refractivity contribution is -0.119. The maximum Gasteiger partial charge on any atom is 0.286 e. The van der Waals surface area contributed by atoms with E-state index in [0.717, 1.165) is 34.6 Å². The van der Waals surface area contributed by atoms with E-state index in [4.69, 9.17) is 14.2 Å². The van der Waals surface area contributed by atoms with Crippen LogP contribution < -0.4 is 19.5 Å². The van der Waals surface area contributed by atoms with Gasteiger partial charge >= 0.3 is 0 Å². The van der Waals surface area contributed by atoms with Crippen LogP contribution in [0.5, 0.6) is 23.0 Å². The van der Waals surface area contributed by atoms with Crippen molar-refractivity contribution in [2.45, 2.75) is 11.7 Å². The molecule has 1 N–H and O–H groups in total. The molecule has 1 fully saturated rings. The number of ether oxygens (including phenoxy) is 3. The van der Waals surface area contributed by atoms with Crippen molar-refractivity contribution in [2.75, 3.05) is 13.2 Å². The van der Waals surface area contributed by atoms with Gasteiger partial charge in [0.1, 0.15) is 28.2 Å². The fourth-order valence-corrected chi connectivity index (χ4v) is 3.83. The van der Waals surface area contributed by atoms with Crippen molar-refractivity contribution in [3.05, 3.63) is 84.4 Å². The molecule has 7 heteroatoms. The van der Waals surface area contributed by atoms with Crippen molar-refractivity contribution >= 4 is 22.9 Å². The first kappa shape index (κ1) is 20.8. The molecule has 0 aliphatic carbocycles. The van der Waals surface area contributed by atoms with E-state index in [1.54, 1.807) is 6.07 Å². The molecule has 1 aliphatic rings. The molecule has 0 spiro atoms. The van der Waals surface area contributed by atoms with Crippen molar-refractivity contribution in [2.24, 2.45) is 0 Å². The maximum atomic E-state index is 11.8. The van der Waals surface area contributed by atoms with Crippen LogP contribution >= 0.6 is 11.8 Å². The maximum absolute atomic E-state index is 11.8. The zero-order valence-electron chi connectivity index (χ0n) is 16.7. The molecule has 3 aromatic carbocycles. The first-order valence-electron chi connectivity index (χ1n) is 9.87. The average Bonchev–Trinajstić information content (AvgIpc) is 3.13. The summed E-state index contributed by atoms with van der Waals surface area (Å²) < 4.78 is 17.3. The lowest BCUT2D eigenvalue weighted by Gasteiger charge is -2.11. The van der Waals surface area contributed by atoms with Gasteiger partial charge in [-0.15, -0.1) is 0 Å². The summed E-state index contributed by atoms with van der Waals surface area (Å²) in [4.78, 5) is 23.2. The molecule has 1 atom stereocenters. The van der Waals surface area contributed by atoms with E-state index < -0.39 is 5.25 Å². The number of hydrogen-bond donors (Lipinski definition) is 1. The van der Waals surface area contributed by atoms with Crippen LogP contribution in [0.1, 0.15) is 17.2 Å². The molecule has 1 saturated heterocycles. The molecular formula is C24H21NO5S. The standard InChI is InChI=1S/C24H21NO5S/c26-23-22(31-24(27)25-23)17-6-4-9-21(16-17)29-15-5-14-28-18-10-12-20(13-11-18)30-19-7-2-1-3-8-19/h1-4,6-13,16,22H,5,14-15H2,(H,25,26,27)/t22-/m0/s1. The summed E-state index contributed by atoms with van der Waals surface area (Å²) in [6.07, 6.45) is 0.698. The first-order valence-corrected chi connectivity index (χ1v) is 10.8. The van der Waals surface area contributed by atoms with Crippen LogP contribution in [0.2, 0.25) is 0 Å². The molecule has 3 aromatic rings. The summed E-state index contributed by atoms with van der Waals surface area (Å²) in [6, 6.07) is 24.3. The summed E-state index contributed by atoms with van der Waals surface area (Å²) in [5.41, 5.74) is 0.750. The van der Waals surface area contributed by atoms with Gasteiger partial charge in [-0.2, -0.15) is 0 Å². The van der Waals surface area contributed by atoms with Crippen molar-refractivity contribution < 1.29 is 23.8 Å². The number of carbonyl (C=O) groups is 2. The third-order valence-electron chi connectivity index (χ3n) is 4.48. The Morgan fingerprint density at radius 1 is 0.742 bits per heavy atom. The van der Waals surface area contributed by atoms with Gasteiger partial charge in [-0.3, -0.25) is 14.9 Å². The van der Waals surface area contributed by atoms with Gasteiger partial charge < -0.3 is 14.2 Å². The minimum atomic E-state index is -0.520. The van der Waals surface area contributed by atoms with Gasteiger partial charge in [0, 0.05) is 6.42 Å². The van der Waals surface area contributed by atoms with Crippen molar-refractivity contribution in [3.8, 4) is 23.0 Å². The summed E-state index contributed by atoms with van der Waals surface area (Å²) in [5, 5.41) is 1.45. The number of benzene rings is 3. The number of hydrogen-bond acceptors (Lipinski definition) is 6. The Morgan fingerprint density at radius 2 is 1.39 bits per heavy atom. The van der Waals surface area contributed by atoms with Gasteiger partial charge in [0.05, 0.1) is 13.2 Å². The predicted octanol–water partition coefficient (Wildman–Crippen LogP) is 5.35. The van der Waals surface area contributed by atoms with Crippen LogP contribution in [-0.4, -0.2) is 24.4 Å². The van der Waals surface area contributed by atoms with Gasteiger partial charge in [-0.25, -0.2) is 0 Å². The van der Waals surface area contributed by atoms with Crippen molar-refractivity contribution in [3.63, 3.8) is 0 Å². The third kappa shape index (κ3) is 5.79. The quantitative estimate of drug-likeness (QED) is 0.457. The molecule has 0 aromatic heterocycles. The molecule has 0 unspecified atom stereocenters. The lowest BCUT2D eigenvalue weighted by atomic mass is 10.1. The number of carbonyl (C=O) groups excluding carboxylic acids is 2. The summed E-state index contributed by atoms with van der Waals surface area (Å²) in [7, 11) is 0. The van der Waals surface area contributed by atoms with E-state index in [9.17, 15) is 9.59 Å². The van der Waals surface area contributed by atoms with Gasteiger partial charge in [-0.05, 0) is 65.9 Å². The van der Waals surface area contributed by atoms with E-state index >= 15 is 0 Å². The zero-order valence-corrected chi connectivity index (χ0v) is 17.5. The minimum Gasteiger partial charge on any atom is -0.493 e.